The van der Waals surface area contributed by atoms with Crippen molar-refractivity contribution in [1.29, 1.82) is 0 Å². The largest absolute Gasteiger partial charge is 0.294 e. The molecule has 5 heteroatoms. The van der Waals surface area contributed by atoms with Crippen LogP contribution in [0, 0.1) is 0 Å². The predicted octanol–water partition coefficient (Wildman–Crippen LogP) is 1.32. The predicted molar refractivity (Wildman–Crippen MR) is 77.0 cm³/mol. The van der Waals surface area contributed by atoms with E-state index in [-0.39, 0.29) is 11.8 Å². The Hall–Kier alpha value is -1.88. The summed E-state index contributed by atoms with van der Waals surface area (Å²) in [5, 5.41) is 0. The van der Waals surface area contributed by atoms with Gasteiger partial charge in [-0.05, 0) is 38.1 Å². The van der Waals surface area contributed by atoms with Crippen LogP contribution in [0.15, 0.2) is 30.3 Å². The third kappa shape index (κ3) is 4.66. The van der Waals surface area contributed by atoms with Crippen molar-refractivity contribution < 1.29 is 9.59 Å². The molecule has 2 rings (SSSR count). The van der Waals surface area contributed by atoms with Crippen LogP contribution in [0.5, 0.6) is 0 Å². The van der Waals surface area contributed by atoms with Crippen molar-refractivity contribution in [3.63, 3.8) is 0 Å². The number of amides is 2. The van der Waals surface area contributed by atoms with Crippen LogP contribution in [0.2, 0.25) is 0 Å². The van der Waals surface area contributed by atoms with Crippen LogP contribution in [0.25, 0.3) is 0 Å². The first kappa shape index (κ1) is 14.5. The molecule has 20 heavy (non-hydrogen) atoms. The van der Waals surface area contributed by atoms with Gasteiger partial charge < -0.3 is 0 Å². The fourth-order valence-corrected chi connectivity index (χ4v) is 2.33. The minimum Gasteiger partial charge on any atom is -0.294 e. The van der Waals surface area contributed by atoms with E-state index in [1.54, 1.807) is 24.3 Å². The molecule has 2 N–H and O–H groups in total. The van der Waals surface area contributed by atoms with Crippen LogP contribution in [0.3, 0.4) is 0 Å². The Morgan fingerprint density at radius 3 is 2.25 bits per heavy atom. The van der Waals surface area contributed by atoms with Gasteiger partial charge in [0.25, 0.3) is 11.8 Å². The number of rotatable bonds is 3. The molecule has 1 heterocycles. The topological polar surface area (TPSA) is 61.4 Å². The molecule has 1 aliphatic rings. The van der Waals surface area contributed by atoms with Gasteiger partial charge in [-0.2, -0.15) is 0 Å². The summed E-state index contributed by atoms with van der Waals surface area (Å²) in [6.45, 7) is 2.26. The average Bonchev–Trinajstić information content (AvgIpc) is 2.74. The van der Waals surface area contributed by atoms with E-state index in [0.717, 1.165) is 25.9 Å². The van der Waals surface area contributed by atoms with Crippen molar-refractivity contribution in [2.75, 3.05) is 19.6 Å². The Balaban J connectivity index is 1.73. The standard InChI is InChI=1S/C15H21N3O2/c19-14(12-18-10-6-1-2-7-11-18)16-17-15(20)13-8-4-3-5-9-13/h3-5,8-9H,1-2,6-7,10-12H2,(H,16,19)(H,17,20). The van der Waals surface area contributed by atoms with Gasteiger partial charge in [-0.3, -0.25) is 25.3 Å². The molecule has 0 saturated carbocycles. The third-order valence-electron chi connectivity index (χ3n) is 3.42. The second kappa shape index (κ2) is 7.65. The minimum atomic E-state index is -0.296. The normalized spacial score (nSPS) is 16.2. The van der Waals surface area contributed by atoms with Crippen LogP contribution < -0.4 is 10.9 Å². The zero-order chi connectivity index (χ0) is 14.2. The van der Waals surface area contributed by atoms with E-state index in [4.69, 9.17) is 0 Å². The number of hydrogen-bond donors (Lipinski definition) is 2. The molecule has 2 amide bonds. The van der Waals surface area contributed by atoms with Crippen LogP contribution in [0.1, 0.15) is 36.0 Å². The lowest BCUT2D eigenvalue weighted by Crippen LogP contribution is -2.46. The quantitative estimate of drug-likeness (QED) is 0.818. The van der Waals surface area contributed by atoms with Crippen molar-refractivity contribution in [2.45, 2.75) is 25.7 Å². The number of nitrogens with zero attached hydrogens (tertiary/aromatic N) is 1. The van der Waals surface area contributed by atoms with E-state index < -0.39 is 0 Å². The Morgan fingerprint density at radius 1 is 0.950 bits per heavy atom. The van der Waals surface area contributed by atoms with E-state index in [0.29, 0.717) is 12.1 Å². The molecule has 0 bridgehead atoms. The average molecular weight is 275 g/mol. The fourth-order valence-electron chi connectivity index (χ4n) is 2.33. The maximum absolute atomic E-state index is 11.8. The Kier molecular flexibility index (Phi) is 5.55. The highest BCUT2D eigenvalue weighted by atomic mass is 16.2. The first-order valence-corrected chi connectivity index (χ1v) is 7.12. The van der Waals surface area contributed by atoms with Crippen molar-refractivity contribution in [1.82, 2.24) is 15.8 Å². The third-order valence-corrected chi connectivity index (χ3v) is 3.42. The van der Waals surface area contributed by atoms with E-state index in [1.807, 2.05) is 6.07 Å². The molecule has 0 unspecified atom stereocenters. The van der Waals surface area contributed by atoms with E-state index in [2.05, 4.69) is 15.8 Å². The van der Waals surface area contributed by atoms with Crippen molar-refractivity contribution in [3.8, 4) is 0 Å². The highest BCUT2D eigenvalue weighted by Crippen LogP contribution is 2.08. The molecular weight excluding hydrogens is 254 g/mol. The number of likely N-dealkylation sites (tertiary alicyclic amines) is 1. The SMILES string of the molecule is O=C(CN1CCCCCC1)NNC(=O)c1ccccc1. The molecular formula is C15H21N3O2. The van der Waals surface area contributed by atoms with E-state index >= 15 is 0 Å². The van der Waals surface area contributed by atoms with Crippen LogP contribution in [-0.2, 0) is 4.79 Å². The molecule has 5 nitrogen and oxygen atoms in total. The number of hydrazine groups is 1. The van der Waals surface area contributed by atoms with Gasteiger partial charge in [-0.25, -0.2) is 0 Å². The van der Waals surface area contributed by atoms with Crippen molar-refractivity contribution in [2.24, 2.45) is 0 Å². The summed E-state index contributed by atoms with van der Waals surface area (Å²) in [6.07, 6.45) is 4.76. The zero-order valence-corrected chi connectivity index (χ0v) is 11.6. The number of nitrogens with one attached hydrogen (secondary N) is 2. The first-order valence-electron chi connectivity index (χ1n) is 7.12. The molecule has 0 radical (unpaired) electrons. The Labute approximate surface area is 119 Å². The second-order valence-electron chi connectivity index (χ2n) is 5.06. The van der Waals surface area contributed by atoms with Gasteiger partial charge in [0.05, 0.1) is 6.54 Å². The summed E-state index contributed by atoms with van der Waals surface area (Å²) < 4.78 is 0. The van der Waals surface area contributed by atoms with Gasteiger partial charge in [0.2, 0.25) is 0 Å². The van der Waals surface area contributed by atoms with Crippen LogP contribution >= 0.6 is 0 Å². The smallest absolute Gasteiger partial charge is 0.269 e. The highest BCUT2D eigenvalue weighted by molar-refractivity contribution is 5.95. The van der Waals surface area contributed by atoms with Crippen LogP contribution in [0.4, 0.5) is 0 Å². The summed E-state index contributed by atoms with van der Waals surface area (Å²) in [6, 6.07) is 8.82. The van der Waals surface area contributed by atoms with Gasteiger partial charge in [-0.15, -0.1) is 0 Å². The summed E-state index contributed by atoms with van der Waals surface area (Å²) >= 11 is 0. The van der Waals surface area contributed by atoms with Gasteiger partial charge >= 0.3 is 0 Å². The fraction of sp³-hybridized carbons (Fsp3) is 0.467. The lowest BCUT2D eigenvalue weighted by atomic mass is 10.2. The van der Waals surface area contributed by atoms with Gasteiger partial charge in [-0.1, -0.05) is 31.0 Å². The van der Waals surface area contributed by atoms with Gasteiger partial charge in [0.15, 0.2) is 0 Å². The molecule has 0 spiro atoms. The van der Waals surface area contributed by atoms with E-state index in [9.17, 15) is 9.59 Å². The summed E-state index contributed by atoms with van der Waals surface area (Å²) in [7, 11) is 0. The number of carbonyl (C=O) groups excluding carboxylic acids is 2. The molecule has 0 aromatic heterocycles. The number of carbonyl (C=O) groups is 2. The van der Waals surface area contributed by atoms with E-state index in [1.165, 1.54) is 12.8 Å². The number of hydrogen-bond acceptors (Lipinski definition) is 3. The maximum atomic E-state index is 11.8. The molecule has 0 atom stereocenters. The highest BCUT2D eigenvalue weighted by Gasteiger charge is 2.13. The number of benzene rings is 1. The second-order valence-corrected chi connectivity index (χ2v) is 5.06. The minimum absolute atomic E-state index is 0.170. The summed E-state index contributed by atoms with van der Waals surface area (Å²) in [5.74, 6) is -0.467. The molecule has 1 aromatic rings. The monoisotopic (exact) mass is 275 g/mol. The molecule has 1 fully saturated rings. The van der Waals surface area contributed by atoms with Crippen LogP contribution in [-0.4, -0.2) is 36.3 Å². The molecule has 1 saturated heterocycles. The van der Waals surface area contributed by atoms with Crippen molar-refractivity contribution in [3.05, 3.63) is 35.9 Å². The molecule has 0 aliphatic carbocycles. The zero-order valence-electron chi connectivity index (χ0n) is 11.6. The van der Waals surface area contributed by atoms with Gasteiger partial charge in [0.1, 0.15) is 0 Å². The lowest BCUT2D eigenvalue weighted by Gasteiger charge is -2.19. The first-order chi connectivity index (χ1) is 9.75. The molecule has 108 valence electrons. The molecule has 1 aliphatic heterocycles. The van der Waals surface area contributed by atoms with Crippen molar-refractivity contribution >= 4 is 11.8 Å². The maximum Gasteiger partial charge on any atom is 0.269 e. The molecule has 1 aromatic carbocycles. The summed E-state index contributed by atoms with van der Waals surface area (Å²) in [5.41, 5.74) is 5.44. The Bertz CT molecular complexity index is 440. The summed E-state index contributed by atoms with van der Waals surface area (Å²) in [4.78, 5) is 25.7. The van der Waals surface area contributed by atoms with Gasteiger partial charge in [0, 0.05) is 5.56 Å². The Morgan fingerprint density at radius 2 is 1.60 bits per heavy atom. The lowest BCUT2D eigenvalue weighted by molar-refractivity contribution is -0.123.